The molecule has 0 radical (unpaired) electrons. The molecule has 3 nitrogen and oxygen atoms in total. The maximum absolute atomic E-state index is 13.2. The molecule has 0 saturated carbocycles. The quantitative estimate of drug-likeness (QED) is 0.449. The smallest absolute Gasteiger partial charge is 0.252 e. The number of benzene rings is 3. The normalized spacial score (nSPS) is 10.9. The number of para-hydroxylation sites is 1. The molecule has 4 rings (SSSR count). The van der Waals surface area contributed by atoms with Crippen LogP contribution < -0.4 is 5.32 Å². The average molecular weight is 401 g/mol. The number of hydrogen-bond donors (Lipinski definition) is 1. The number of nitrogens with one attached hydrogen (secondary N) is 1. The summed E-state index contributed by atoms with van der Waals surface area (Å²) in [5.74, 6) is -0.100. The van der Waals surface area contributed by atoms with Crippen LogP contribution in [0.5, 0.6) is 0 Å². The van der Waals surface area contributed by atoms with Crippen LogP contribution in [0.4, 0.5) is 0 Å². The van der Waals surface area contributed by atoms with E-state index in [0.717, 1.165) is 33.3 Å². The number of aromatic nitrogens is 1. The third kappa shape index (κ3) is 4.01. The predicted molar refractivity (Wildman–Crippen MR) is 119 cm³/mol. The predicted octanol–water partition coefficient (Wildman–Crippen LogP) is 6.10. The van der Waals surface area contributed by atoms with Crippen molar-refractivity contribution in [2.45, 2.75) is 20.4 Å². The van der Waals surface area contributed by atoms with Gasteiger partial charge in [-0.1, -0.05) is 71.8 Å². The molecule has 0 aliphatic heterocycles. The fourth-order valence-electron chi connectivity index (χ4n) is 3.47. The number of aryl methyl sites for hydroxylation is 1. The SMILES string of the molecule is Cc1ccc(CNC(=O)c2c(C)c(-c3ccc(Cl)cc3)nc3ccccc23)cc1. The highest BCUT2D eigenvalue weighted by molar-refractivity contribution is 6.30. The van der Waals surface area contributed by atoms with Gasteiger partial charge in [-0.15, -0.1) is 0 Å². The molecule has 0 spiro atoms. The van der Waals surface area contributed by atoms with Crippen molar-refractivity contribution < 1.29 is 4.79 Å². The second kappa shape index (κ2) is 8.06. The lowest BCUT2D eigenvalue weighted by molar-refractivity contribution is 0.0952. The van der Waals surface area contributed by atoms with Crippen LogP contribution >= 0.6 is 11.6 Å². The molecule has 3 aromatic carbocycles. The van der Waals surface area contributed by atoms with Crippen molar-refractivity contribution in [3.63, 3.8) is 0 Å². The van der Waals surface area contributed by atoms with E-state index >= 15 is 0 Å². The molecule has 0 bridgehead atoms. The molecule has 4 aromatic rings. The molecule has 0 aliphatic rings. The third-order valence-electron chi connectivity index (χ3n) is 5.05. The number of amides is 1. The van der Waals surface area contributed by atoms with Gasteiger partial charge >= 0.3 is 0 Å². The average Bonchev–Trinajstić information content (AvgIpc) is 2.73. The first-order valence-corrected chi connectivity index (χ1v) is 9.90. The first kappa shape index (κ1) is 19.2. The second-order valence-corrected chi connectivity index (χ2v) is 7.59. The van der Waals surface area contributed by atoms with Crippen LogP contribution in [0.2, 0.25) is 5.02 Å². The number of halogens is 1. The van der Waals surface area contributed by atoms with Gasteiger partial charge in [0, 0.05) is 22.5 Å². The molecular formula is C25H21ClN2O. The minimum Gasteiger partial charge on any atom is -0.348 e. The molecule has 1 N–H and O–H groups in total. The second-order valence-electron chi connectivity index (χ2n) is 7.15. The van der Waals surface area contributed by atoms with E-state index in [2.05, 4.69) is 5.32 Å². The fraction of sp³-hybridized carbons (Fsp3) is 0.120. The molecular weight excluding hydrogens is 380 g/mol. The van der Waals surface area contributed by atoms with E-state index in [0.29, 0.717) is 17.1 Å². The van der Waals surface area contributed by atoms with Gasteiger partial charge < -0.3 is 5.32 Å². The number of nitrogens with zero attached hydrogens (tertiary/aromatic N) is 1. The van der Waals surface area contributed by atoms with Crippen molar-refractivity contribution >= 4 is 28.4 Å². The van der Waals surface area contributed by atoms with Gasteiger partial charge in [-0.3, -0.25) is 4.79 Å². The summed E-state index contributed by atoms with van der Waals surface area (Å²) in [7, 11) is 0. The Morgan fingerprint density at radius 2 is 1.62 bits per heavy atom. The Morgan fingerprint density at radius 1 is 0.931 bits per heavy atom. The molecule has 29 heavy (non-hydrogen) atoms. The highest BCUT2D eigenvalue weighted by Crippen LogP contribution is 2.30. The topological polar surface area (TPSA) is 42.0 Å². The van der Waals surface area contributed by atoms with Crippen LogP contribution in [0.3, 0.4) is 0 Å². The first-order chi connectivity index (χ1) is 14.0. The third-order valence-corrected chi connectivity index (χ3v) is 5.31. The number of carbonyl (C=O) groups is 1. The lowest BCUT2D eigenvalue weighted by Crippen LogP contribution is -2.24. The highest BCUT2D eigenvalue weighted by Gasteiger charge is 2.18. The minimum atomic E-state index is -0.100. The fourth-order valence-corrected chi connectivity index (χ4v) is 3.59. The monoisotopic (exact) mass is 400 g/mol. The zero-order valence-electron chi connectivity index (χ0n) is 16.4. The summed E-state index contributed by atoms with van der Waals surface area (Å²) in [5.41, 5.74) is 6.30. The lowest BCUT2D eigenvalue weighted by atomic mass is 9.97. The van der Waals surface area contributed by atoms with Crippen molar-refractivity contribution in [3.05, 3.63) is 100 Å². The minimum absolute atomic E-state index is 0.100. The van der Waals surface area contributed by atoms with E-state index in [-0.39, 0.29) is 5.91 Å². The van der Waals surface area contributed by atoms with Crippen molar-refractivity contribution in [2.24, 2.45) is 0 Å². The van der Waals surface area contributed by atoms with Gasteiger partial charge in [0.05, 0.1) is 16.8 Å². The number of pyridine rings is 1. The van der Waals surface area contributed by atoms with E-state index in [1.165, 1.54) is 5.56 Å². The molecule has 144 valence electrons. The Bertz CT molecular complexity index is 1180. The molecule has 0 fully saturated rings. The molecule has 0 saturated heterocycles. The van der Waals surface area contributed by atoms with E-state index in [9.17, 15) is 4.79 Å². The first-order valence-electron chi connectivity index (χ1n) is 9.52. The summed E-state index contributed by atoms with van der Waals surface area (Å²) < 4.78 is 0. The summed E-state index contributed by atoms with van der Waals surface area (Å²) >= 11 is 6.04. The van der Waals surface area contributed by atoms with E-state index in [1.54, 1.807) is 0 Å². The molecule has 4 heteroatoms. The van der Waals surface area contributed by atoms with Gasteiger partial charge in [0.2, 0.25) is 0 Å². The van der Waals surface area contributed by atoms with Crippen LogP contribution in [-0.4, -0.2) is 10.9 Å². The van der Waals surface area contributed by atoms with Crippen LogP contribution in [0.15, 0.2) is 72.8 Å². The van der Waals surface area contributed by atoms with E-state index < -0.39 is 0 Å². The molecule has 1 heterocycles. The molecule has 0 atom stereocenters. The number of fused-ring (bicyclic) bond motifs is 1. The molecule has 0 unspecified atom stereocenters. The van der Waals surface area contributed by atoms with Crippen molar-refractivity contribution in [3.8, 4) is 11.3 Å². The Balaban J connectivity index is 1.75. The van der Waals surface area contributed by atoms with Crippen molar-refractivity contribution in [2.75, 3.05) is 0 Å². The molecule has 0 aliphatic carbocycles. The molecule has 1 amide bonds. The van der Waals surface area contributed by atoms with Gasteiger partial charge in [-0.05, 0) is 43.2 Å². The summed E-state index contributed by atoms with van der Waals surface area (Å²) in [4.78, 5) is 18.0. The van der Waals surface area contributed by atoms with Gasteiger partial charge in [0.15, 0.2) is 0 Å². The van der Waals surface area contributed by atoms with Crippen LogP contribution in [0.25, 0.3) is 22.2 Å². The highest BCUT2D eigenvalue weighted by atomic mass is 35.5. The Labute approximate surface area is 175 Å². The number of hydrogen-bond acceptors (Lipinski definition) is 2. The summed E-state index contributed by atoms with van der Waals surface area (Å²) in [5, 5.41) is 4.59. The zero-order valence-corrected chi connectivity index (χ0v) is 17.1. The van der Waals surface area contributed by atoms with E-state index in [4.69, 9.17) is 16.6 Å². The van der Waals surface area contributed by atoms with Gasteiger partial charge in [-0.2, -0.15) is 0 Å². The Kier molecular flexibility index (Phi) is 5.32. The maximum atomic E-state index is 13.2. The Hall–Kier alpha value is -3.17. The largest absolute Gasteiger partial charge is 0.348 e. The molecule has 1 aromatic heterocycles. The Morgan fingerprint density at radius 3 is 2.34 bits per heavy atom. The van der Waals surface area contributed by atoms with E-state index in [1.807, 2.05) is 86.6 Å². The van der Waals surface area contributed by atoms with Crippen LogP contribution in [0.1, 0.15) is 27.0 Å². The maximum Gasteiger partial charge on any atom is 0.252 e. The number of carbonyl (C=O) groups excluding carboxylic acids is 1. The lowest BCUT2D eigenvalue weighted by Gasteiger charge is -2.15. The summed E-state index contributed by atoms with van der Waals surface area (Å²) in [6.07, 6.45) is 0. The van der Waals surface area contributed by atoms with Gasteiger partial charge in [0.1, 0.15) is 0 Å². The van der Waals surface area contributed by atoms with Crippen molar-refractivity contribution in [1.82, 2.24) is 10.3 Å². The summed E-state index contributed by atoms with van der Waals surface area (Å²) in [6, 6.07) is 23.5. The van der Waals surface area contributed by atoms with Gasteiger partial charge in [0.25, 0.3) is 5.91 Å². The van der Waals surface area contributed by atoms with Crippen LogP contribution in [0, 0.1) is 13.8 Å². The zero-order chi connectivity index (χ0) is 20.4. The van der Waals surface area contributed by atoms with Crippen LogP contribution in [-0.2, 0) is 6.54 Å². The van der Waals surface area contributed by atoms with Gasteiger partial charge in [-0.25, -0.2) is 4.98 Å². The summed E-state index contributed by atoms with van der Waals surface area (Å²) in [6.45, 7) is 4.47. The standard InChI is InChI=1S/C25H21ClN2O/c1-16-7-9-18(10-8-16)15-27-25(29)23-17(2)24(19-11-13-20(26)14-12-19)28-22-6-4-3-5-21(22)23/h3-14H,15H2,1-2H3,(H,27,29). The van der Waals surface area contributed by atoms with Crippen molar-refractivity contribution in [1.29, 1.82) is 0 Å². The number of rotatable bonds is 4.